The molecule has 0 fully saturated rings. The summed E-state index contributed by atoms with van der Waals surface area (Å²) in [5.41, 5.74) is 5.73. The number of anilines is 1. The minimum atomic E-state index is -0.0836. The van der Waals surface area contributed by atoms with Crippen molar-refractivity contribution in [3.8, 4) is 5.88 Å². The monoisotopic (exact) mass is 323 g/mol. The van der Waals surface area contributed by atoms with Crippen molar-refractivity contribution in [2.75, 3.05) is 12.4 Å². The van der Waals surface area contributed by atoms with Crippen LogP contribution in [0.15, 0.2) is 36.4 Å². The lowest BCUT2D eigenvalue weighted by molar-refractivity contribution is 0.0876. The summed E-state index contributed by atoms with van der Waals surface area (Å²) in [6.07, 6.45) is 0.724. The van der Waals surface area contributed by atoms with Gasteiger partial charge in [0, 0.05) is 30.9 Å². The van der Waals surface area contributed by atoms with E-state index in [0.29, 0.717) is 0 Å². The van der Waals surface area contributed by atoms with Crippen LogP contribution in [0.25, 0.3) is 5.65 Å². The molecule has 0 radical (unpaired) electrons. The van der Waals surface area contributed by atoms with Crippen molar-refractivity contribution >= 4 is 11.3 Å². The minimum absolute atomic E-state index is 0.0836. The maximum absolute atomic E-state index is 10.5. The molecule has 2 aromatic heterocycles. The molecule has 0 aliphatic carbocycles. The van der Waals surface area contributed by atoms with Gasteiger partial charge in [-0.1, -0.05) is 30.3 Å². The summed E-state index contributed by atoms with van der Waals surface area (Å²) in [5.74, 6) is 0.198. The number of pyridine rings is 1. The van der Waals surface area contributed by atoms with Gasteiger partial charge in [0.25, 0.3) is 0 Å². The minimum Gasteiger partial charge on any atom is -0.494 e. The third kappa shape index (κ3) is 2.16. The molecule has 1 aromatic carbocycles. The van der Waals surface area contributed by atoms with Crippen LogP contribution in [0.3, 0.4) is 0 Å². The van der Waals surface area contributed by atoms with Gasteiger partial charge in [0.2, 0.25) is 0 Å². The van der Waals surface area contributed by atoms with Crippen molar-refractivity contribution in [1.82, 2.24) is 9.38 Å². The van der Waals surface area contributed by atoms with Crippen LogP contribution in [-0.2, 0) is 4.74 Å². The number of benzene rings is 1. The fourth-order valence-electron chi connectivity index (χ4n) is 3.57. The highest BCUT2D eigenvalue weighted by molar-refractivity contribution is 5.76. The van der Waals surface area contributed by atoms with Gasteiger partial charge < -0.3 is 15.2 Å². The topological polar surface area (TPSA) is 58.8 Å². The second-order valence-electron chi connectivity index (χ2n) is 6.34. The van der Waals surface area contributed by atoms with Gasteiger partial charge >= 0.3 is 0 Å². The van der Waals surface area contributed by atoms with Crippen LogP contribution in [-0.4, -0.2) is 21.6 Å². The summed E-state index contributed by atoms with van der Waals surface area (Å²) in [7, 11) is 1.71. The number of aromatic hydroxyl groups is 1. The van der Waals surface area contributed by atoms with Crippen LogP contribution in [0, 0.1) is 13.8 Å². The van der Waals surface area contributed by atoms with E-state index in [-0.39, 0.29) is 18.0 Å². The van der Waals surface area contributed by atoms with Gasteiger partial charge in [-0.3, -0.25) is 4.40 Å². The number of hydrogen-bond acceptors (Lipinski definition) is 4. The molecule has 0 spiro atoms. The number of fused-ring (bicyclic) bond motifs is 3. The van der Waals surface area contributed by atoms with Crippen LogP contribution in [0.4, 0.5) is 5.69 Å². The highest BCUT2D eigenvalue weighted by Gasteiger charge is 2.31. The Morgan fingerprint density at radius 3 is 2.71 bits per heavy atom. The number of nitrogens with zero attached hydrogens (tertiary/aromatic N) is 2. The lowest BCUT2D eigenvalue weighted by Crippen LogP contribution is -2.23. The smallest absolute Gasteiger partial charge is 0.197 e. The lowest BCUT2D eigenvalue weighted by atomic mass is 9.91. The van der Waals surface area contributed by atoms with Crippen LogP contribution in [0.2, 0.25) is 0 Å². The Bertz CT molecular complexity index is 902. The van der Waals surface area contributed by atoms with Crippen LogP contribution >= 0.6 is 0 Å². The van der Waals surface area contributed by atoms with Crippen molar-refractivity contribution in [3.63, 3.8) is 0 Å². The predicted octanol–water partition coefficient (Wildman–Crippen LogP) is 3.90. The van der Waals surface area contributed by atoms with Gasteiger partial charge in [-0.05, 0) is 19.4 Å². The van der Waals surface area contributed by atoms with Gasteiger partial charge in [0.05, 0.1) is 23.5 Å². The van der Waals surface area contributed by atoms with Crippen molar-refractivity contribution in [3.05, 3.63) is 58.9 Å². The molecule has 5 heteroatoms. The molecule has 0 amide bonds. The van der Waals surface area contributed by atoms with E-state index in [1.807, 2.05) is 32.0 Å². The molecule has 124 valence electrons. The highest BCUT2D eigenvalue weighted by Crippen LogP contribution is 2.44. The Morgan fingerprint density at radius 1 is 1.25 bits per heavy atom. The maximum atomic E-state index is 10.5. The van der Waals surface area contributed by atoms with E-state index in [4.69, 9.17) is 4.74 Å². The molecule has 3 heterocycles. The Hall–Kier alpha value is -2.53. The van der Waals surface area contributed by atoms with Crippen molar-refractivity contribution in [2.24, 2.45) is 0 Å². The first-order valence-electron chi connectivity index (χ1n) is 8.16. The zero-order valence-corrected chi connectivity index (χ0v) is 14.1. The van der Waals surface area contributed by atoms with E-state index in [1.165, 1.54) is 5.56 Å². The maximum Gasteiger partial charge on any atom is 0.197 e. The van der Waals surface area contributed by atoms with Crippen molar-refractivity contribution in [2.45, 2.75) is 32.4 Å². The summed E-state index contributed by atoms with van der Waals surface area (Å²) in [4.78, 5) is 4.67. The predicted molar refractivity (Wildman–Crippen MR) is 93.5 cm³/mol. The standard InChI is InChI=1S/C19H21N3O2/c1-11-12(2)22-17(23)9-14-16(24-3)10-15(13-7-5-4-6-8-13)21-18(14)19(22)20-11/h4-9,15-16,21,23H,10H2,1-3H3/t15-,16+/m1/s1. The van der Waals surface area contributed by atoms with Crippen LogP contribution in [0.5, 0.6) is 5.88 Å². The Balaban J connectivity index is 1.91. The number of aryl methyl sites for hydroxylation is 2. The SMILES string of the molecule is CO[C@H]1C[C@H](c2ccccc2)Nc2c1cc(O)n1c(C)c(C)nc21. The first-order chi connectivity index (χ1) is 11.6. The van der Waals surface area contributed by atoms with E-state index < -0.39 is 0 Å². The fourth-order valence-corrected chi connectivity index (χ4v) is 3.57. The number of methoxy groups -OCH3 is 1. The molecule has 0 saturated heterocycles. The van der Waals surface area contributed by atoms with E-state index in [0.717, 1.165) is 34.7 Å². The largest absolute Gasteiger partial charge is 0.494 e. The number of rotatable bonds is 2. The molecule has 5 nitrogen and oxygen atoms in total. The summed E-state index contributed by atoms with van der Waals surface area (Å²) >= 11 is 0. The van der Waals surface area contributed by atoms with Crippen LogP contribution in [0.1, 0.15) is 41.1 Å². The van der Waals surface area contributed by atoms with E-state index in [1.54, 1.807) is 17.6 Å². The summed E-state index contributed by atoms with van der Waals surface area (Å²) in [6.45, 7) is 3.92. The van der Waals surface area contributed by atoms with Gasteiger partial charge in [-0.15, -0.1) is 0 Å². The summed E-state index contributed by atoms with van der Waals surface area (Å²) in [6, 6.07) is 12.3. The second-order valence-corrected chi connectivity index (χ2v) is 6.34. The molecule has 0 unspecified atom stereocenters. The highest BCUT2D eigenvalue weighted by atomic mass is 16.5. The third-order valence-electron chi connectivity index (χ3n) is 4.97. The van der Waals surface area contributed by atoms with E-state index in [9.17, 15) is 5.11 Å². The summed E-state index contributed by atoms with van der Waals surface area (Å²) in [5, 5.41) is 14.1. The molecule has 0 bridgehead atoms. The number of nitrogens with one attached hydrogen (secondary N) is 1. The van der Waals surface area contributed by atoms with Gasteiger partial charge in [0.15, 0.2) is 11.5 Å². The average molecular weight is 323 g/mol. The fraction of sp³-hybridized carbons (Fsp3) is 0.316. The first kappa shape index (κ1) is 15.0. The lowest BCUT2D eigenvalue weighted by Gasteiger charge is -2.33. The molecule has 1 aliphatic rings. The first-order valence-corrected chi connectivity index (χ1v) is 8.16. The number of imidazole rings is 1. The van der Waals surface area contributed by atoms with Gasteiger partial charge in [-0.2, -0.15) is 0 Å². The molecular weight excluding hydrogens is 302 g/mol. The zero-order valence-electron chi connectivity index (χ0n) is 14.1. The molecule has 24 heavy (non-hydrogen) atoms. The van der Waals surface area contributed by atoms with Gasteiger partial charge in [-0.25, -0.2) is 4.98 Å². The van der Waals surface area contributed by atoms with Crippen LogP contribution < -0.4 is 5.32 Å². The number of hydrogen-bond donors (Lipinski definition) is 2. The Kier molecular flexibility index (Phi) is 3.46. The third-order valence-corrected chi connectivity index (χ3v) is 4.97. The molecule has 2 atom stereocenters. The van der Waals surface area contributed by atoms with Gasteiger partial charge in [0.1, 0.15) is 0 Å². The molecule has 2 N–H and O–H groups in total. The second kappa shape index (κ2) is 5.53. The average Bonchev–Trinajstić information content (AvgIpc) is 2.91. The molecule has 1 aliphatic heterocycles. The quantitative estimate of drug-likeness (QED) is 0.751. The molecular formula is C19H21N3O2. The van der Waals surface area contributed by atoms with E-state index in [2.05, 4.69) is 22.4 Å². The van der Waals surface area contributed by atoms with Crippen molar-refractivity contribution in [1.29, 1.82) is 0 Å². The number of aromatic nitrogens is 2. The number of ether oxygens (including phenoxy) is 1. The zero-order chi connectivity index (χ0) is 16.8. The summed E-state index contributed by atoms with van der Waals surface area (Å²) < 4.78 is 7.52. The molecule has 3 aromatic rings. The van der Waals surface area contributed by atoms with Crippen molar-refractivity contribution < 1.29 is 9.84 Å². The normalized spacial score (nSPS) is 20.0. The molecule has 0 saturated carbocycles. The Morgan fingerprint density at radius 2 is 2.00 bits per heavy atom. The Labute approximate surface area is 140 Å². The molecule has 4 rings (SSSR count). The van der Waals surface area contributed by atoms with E-state index >= 15 is 0 Å².